The van der Waals surface area contributed by atoms with Gasteiger partial charge in [0.1, 0.15) is 0 Å². The van der Waals surface area contributed by atoms with Crippen molar-refractivity contribution in [3.63, 3.8) is 0 Å². The molecular weight excluding hydrogens is 470 g/mol. The van der Waals surface area contributed by atoms with Gasteiger partial charge in [0.05, 0.1) is 0 Å². The Labute approximate surface area is 236 Å². The molecule has 0 fully saturated rings. The minimum Gasteiger partial charge on any atom is -0.417 e. The molecule has 37 heavy (non-hydrogen) atoms. The number of rotatable bonds is 27. The minimum atomic E-state index is -1.76. The maximum Gasteiger partial charge on any atom is 0.192 e. The fourth-order valence-electron chi connectivity index (χ4n) is 6.47. The Bertz CT molecular complexity index is 432. The van der Waals surface area contributed by atoms with Crippen molar-refractivity contribution in [2.75, 3.05) is 65.5 Å². The van der Waals surface area contributed by atoms with Crippen LogP contribution >= 0.6 is 0 Å². The fourth-order valence-corrected chi connectivity index (χ4v) is 10.5. The van der Waals surface area contributed by atoms with Crippen molar-refractivity contribution in [3.05, 3.63) is 0 Å². The summed E-state index contributed by atoms with van der Waals surface area (Å²) in [6.45, 7) is 33.3. The lowest BCUT2D eigenvalue weighted by atomic mass is 9.79. The Hall–Kier alpha value is 0.0569. The lowest BCUT2D eigenvalue weighted by molar-refractivity contribution is 0.128. The maximum atomic E-state index is 6.79. The highest BCUT2D eigenvalue weighted by Gasteiger charge is 2.42. The van der Waals surface area contributed by atoms with Gasteiger partial charge in [-0.25, -0.2) is 0 Å². The predicted octanol–water partition coefficient (Wildman–Crippen LogP) is 8.53. The lowest BCUT2D eigenvalue weighted by Crippen LogP contribution is -2.46. The molecule has 0 saturated heterocycles. The van der Waals surface area contributed by atoms with Crippen molar-refractivity contribution in [3.8, 4) is 0 Å². The minimum absolute atomic E-state index is 0.382. The highest BCUT2D eigenvalue weighted by atomic mass is 28.4. The van der Waals surface area contributed by atoms with Crippen LogP contribution in [0.3, 0.4) is 0 Å². The molecule has 224 valence electrons. The zero-order chi connectivity index (χ0) is 28.0. The second-order valence-corrected chi connectivity index (χ2v) is 16.2. The standard InChI is InChI=1S/C32H71N3OSi/c1-10-22-33(23-11-2)28-19-32(20-29-34(24-12-3)25-13-4,21-30-35(26-14-5)27-15-6)31-37(17-8,18-9)36-16-7/h10-31H2,1-9H3. The first kappa shape index (κ1) is 37.1. The van der Waals surface area contributed by atoms with Gasteiger partial charge >= 0.3 is 0 Å². The molecule has 4 nitrogen and oxygen atoms in total. The molecule has 0 atom stereocenters. The molecule has 0 unspecified atom stereocenters. The van der Waals surface area contributed by atoms with Crippen molar-refractivity contribution in [2.24, 2.45) is 5.41 Å². The smallest absolute Gasteiger partial charge is 0.192 e. The third-order valence-electron chi connectivity index (χ3n) is 8.55. The summed E-state index contributed by atoms with van der Waals surface area (Å²) in [5.41, 5.74) is 0.382. The summed E-state index contributed by atoms with van der Waals surface area (Å²) in [5, 5.41) is 0. The van der Waals surface area contributed by atoms with Crippen LogP contribution in [0, 0.1) is 5.41 Å². The van der Waals surface area contributed by atoms with E-state index in [4.69, 9.17) is 4.43 Å². The second-order valence-electron chi connectivity index (χ2n) is 11.8. The molecule has 0 aliphatic heterocycles. The molecule has 0 N–H and O–H groups in total. The normalized spacial score (nSPS) is 13.0. The van der Waals surface area contributed by atoms with Crippen molar-refractivity contribution in [1.29, 1.82) is 0 Å². The molecule has 0 aliphatic carbocycles. The Kier molecular flexibility index (Phi) is 22.9. The lowest BCUT2D eigenvalue weighted by Gasteiger charge is -2.44. The summed E-state index contributed by atoms with van der Waals surface area (Å²) in [4.78, 5) is 8.30. The predicted molar refractivity (Wildman–Crippen MR) is 170 cm³/mol. The van der Waals surface area contributed by atoms with Gasteiger partial charge in [0.25, 0.3) is 0 Å². The van der Waals surface area contributed by atoms with Crippen LogP contribution in [0.4, 0.5) is 0 Å². The number of nitrogens with zero attached hydrogens (tertiary/aromatic N) is 3. The highest BCUT2D eigenvalue weighted by Crippen LogP contribution is 2.43. The summed E-state index contributed by atoms with van der Waals surface area (Å²) >= 11 is 0. The van der Waals surface area contributed by atoms with E-state index in [9.17, 15) is 0 Å². The SMILES string of the molecule is CCCN(CCC)CCC(CCN(CCC)CCC)(CCN(CCC)CCC)C[Si](CC)(CC)OCC. The largest absolute Gasteiger partial charge is 0.417 e. The third-order valence-corrected chi connectivity index (χ3v) is 13.4. The molecule has 0 spiro atoms. The molecule has 0 aromatic heterocycles. The van der Waals surface area contributed by atoms with E-state index in [0.29, 0.717) is 5.41 Å². The van der Waals surface area contributed by atoms with Gasteiger partial charge in [-0.3, -0.25) is 0 Å². The van der Waals surface area contributed by atoms with Gasteiger partial charge < -0.3 is 19.1 Å². The molecule has 0 bridgehead atoms. The van der Waals surface area contributed by atoms with Crippen LogP contribution in [0.1, 0.15) is 120 Å². The second kappa shape index (κ2) is 22.8. The van der Waals surface area contributed by atoms with E-state index < -0.39 is 8.32 Å². The summed E-state index contributed by atoms with van der Waals surface area (Å²) in [6, 6.07) is 3.87. The summed E-state index contributed by atoms with van der Waals surface area (Å²) in [5.74, 6) is 0. The molecule has 0 saturated carbocycles. The van der Waals surface area contributed by atoms with Gasteiger partial charge in [0.2, 0.25) is 0 Å². The summed E-state index contributed by atoms with van der Waals surface area (Å²) < 4.78 is 6.79. The zero-order valence-electron chi connectivity index (χ0n) is 27.3. The van der Waals surface area contributed by atoms with E-state index in [1.165, 1.54) is 135 Å². The van der Waals surface area contributed by atoms with Crippen molar-refractivity contribution in [1.82, 2.24) is 14.7 Å². The quantitative estimate of drug-likeness (QED) is 0.0970. The van der Waals surface area contributed by atoms with Crippen LogP contribution in [0.2, 0.25) is 18.1 Å². The van der Waals surface area contributed by atoms with Crippen LogP contribution in [-0.2, 0) is 4.43 Å². The van der Waals surface area contributed by atoms with Crippen LogP contribution < -0.4 is 0 Å². The summed E-state index contributed by atoms with van der Waals surface area (Å²) in [6.07, 6.45) is 11.6. The molecule has 0 aromatic carbocycles. The Balaban J connectivity index is 6.25. The van der Waals surface area contributed by atoms with Gasteiger partial charge in [0, 0.05) is 6.61 Å². The molecule has 0 amide bonds. The summed E-state index contributed by atoms with van der Waals surface area (Å²) in [7, 11) is -1.76. The fraction of sp³-hybridized carbons (Fsp3) is 1.00. The molecule has 0 aliphatic rings. The molecule has 0 heterocycles. The third kappa shape index (κ3) is 15.4. The van der Waals surface area contributed by atoms with E-state index in [1.807, 2.05) is 0 Å². The maximum absolute atomic E-state index is 6.79. The van der Waals surface area contributed by atoms with Crippen LogP contribution in [0.25, 0.3) is 0 Å². The first-order chi connectivity index (χ1) is 17.9. The highest BCUT2D eigenvalue weighted by molar-refractivity contribution is 6.73. The molecule has 0 radical (unpaired) electrons. The van der Waals surface area contributed by atoms with Gasteiger partial charge in [-0.2, -0.15) is 0 Å². The molecule has 0 aromatic rings. The van der Waals surface area contributed by atoms with E-state index >= 15 is 0 Å². The van der Waals surface area contributed by atoms with Gasteiger partial charge in [0.15, 0.2) is 8.32 Å². The Morgan fingerprint density at radius 2 is 0.757 bits per heavy atom. The average molecular weight is 542 g/mol. The number of hydrogen-bond acceptors (Lipinski definition) is 4. The number of hydrogen-bond donors (Lipinski definition) is 0. The molecule has 0 rings (SSSR count). The Morgan fingerprint density at radius 1 is 0.459 bits per heavy atom. The van der Waals surface area contributed by atoms with Gasteiger partial charge in [-0.05, 0) is 147 Å². The van der Waals surface area contributed by atoms with Crippen LogP contribution in [-0.4, -0.2) is 88.5 Å². The molecule has 5 heteroatoms. The zero-order valence-corrected chi connectivity index (χ0v) is 28.3. The average Bonchev–Trinajstić information content (AvgIpc) is 2.89. The first-order valence-corrected chi connectivity index (χ1v) is 19.2. The van der Waals surface area contributed by atoms with E-state index in [-0.39, 0.29) is 0 Å². The first-order valence-electron chi connectivity index (χ1n) is 16.7. The Morgan fingerprint density at radius 3 is 0.973 bits per heavy atom. The van der Waals surface area contributed by atoms with Gasteiger partial charge in [-0.15, -0.1) is 0 Å². The van der Waals surface area contributed by atoms with Crippen LogP contribution in [0.5, 0.6) is 0 Å². The van der Waals surface area contributed by atoms with E-state index in [2.05, 4.69) is 77.0 Å². The van der Waals surface area contributed by atoms with E-state index in [1.54, 1.807) is 0 Å². The topological polar surface area (TPSA) is 19.0 Å². The monoisotopic (exact) mass is 542 g/mol. The van der Waals surface area contributed by atoms with Crippen molar-refractivity contribution < 1.29 is 4.43 Å². The molecular formula is C32H71N3OSi. The van der Waals surface area contributed by atoms with Crippen LogP contribution in [0.15, 0.2) is 0 Å². The van der Waals surface area contributed by atoms with Crippen molar-refractivity contribution >= 4 is 8.32 Å². The van der Waals surface area contributed by atoms with Crippen molar-refractivity contribution in [2.45, 2.75) is 138 Å². The van der Waals surface area contributed by atoms with E-state index in [0.717, 1.165) is 6.61 Å². The van der Waals surface area contributed by atoms with Gasteiger partial charge in [-0.1, -0.05) is 55.4 Å².